The van der Waals surface area contributed by atoms with Crippen molar-refractivity contribution in [3.63, 3.8) is 0 Å². The molecule has 0 aliphatic rings. The van der Waals surface area contributed by atoms with Gasteiger partial charge in [-0.25, -0.2) is 19.9 Å². The summed E-state index contributed by atoms with van der Waals surface area (Å²) >= 11 is 0. The first kappa shape index (κ1) is 69.3. The largest absolute Gasteiger partial charge is 0.309 e. The molecule has 0 spiro atoms. The molecule has 8 heteroatoms. The van der Waals surface area contributed by atoms with E-state index in [1.54, 1.807) is 0 Å². The van der Waals surface area contributed by atoms with E-state index in [1.165, 1.54) is 119 Å². The van der Waals surface area contributed by atoms with Crippen molar-refractivity contribution < 1.29 is 0 Å². The summed E-state index contributed by atoms with van der Waals surface area (Å²) in [5.41, 5.74) is 25.1. The molecule has 0 N–H and O–H groups in total. The summed E-state index contributed by atoms with van der Waals surface area (Å²) in [6, 6.07) is 154. The number of hydrogen-bond acceptors (Lipinski definition) is 4. The quantitative estimate of drug-likeness (QED) is 0.152. The lowest BCUT2D eigenvalue weighted by atomic mass is 9.96. The molecule has 0 unspecified atom stereocenters. The van der Waals surface area contributed by atoms with E-state index in [-0.39, 0.29) is 0 Å². The molecule has 6 aromatic heterocycles. The van der Waals surface area contributed by atoms with Crippen LogP contribution in [-0.2, 0) is 0 Å². The SMILES string of the molecule is c1ccc(-c2nc3ccccc3nc2-c2ccc(-n3c4cc5ccccc5cc4c4c(-n5c6ccccc6c6cc7ccccc7cc65)cccc43)c3ccccc23)cc1.c1ccc2cc(-c3nc4ccccc4nc3-c3ccc(-n4c5cc6ccccc6cc5c5c(-n6c7ccccc7c7cc8ccccc8cc76)cccc54)c4ccccc34)ccc2c1. The van der Waals surface area contributed by atoms with E-state index in [0.717, 1.165) is 133 Å². The van der Waals surface area contributed by atoms with Crippen LogP contribution in [-0.4, -0.2) is 38.2 Å². The van der Waals surface area contributed by atoms with Gasteiger partial charge in [-0.2, -0.15) is 0 Å². The molecule has 27 aromatic rings. The Bertz CT molecular complexity index is 9220. The number of aromatic nitrogens is 8. The van der Waals surface area contributed by atoms with Crippen molar-refractivity contribution >= 4 is 185 Å². The van der Waals surface area contributed by atoms with Crippen molar-refractivity contribution in [3.05, 3.63) is 425 Å². The first-order valence-corrected chi connectivity index (χ1v) is 42.4. The number of benzene rings is 21. The van der Waals surface area contributed by atoms with E-state index in [0.29, 0.717) is 0 Å². The minimum Gasteiger partial charge on any atom is -0.309 e. The molecular weight excluding hydrogens is 1510 g/mol. The Labute approximate surface area is 710 Å². The van der Waals surface area contributed by atoms with E-state index in [1.807, 2.05) is 36.4 Å². The summed E-state index contributed by atoms with van der Waals surface area (Å²) in [6.07, 6.45) is 0. The van der Waals surface area contributed by atoms with Gasteiger partial charge in [-0.05, 0) is 204 Å². The summed E-state index contributed by atoms with van der Waals surface area (Å²) in [7, 11) is 0. The number of nitrogens with zero attached hydrogens (tertiary/aromatic N) is 8. The van der Waals surface area contributed by atoms with Gasteiger partial charge in [0.1, 0.15) is 0 Å². The van der Waals surface area contributed by atoms with Gasteiger partial charge in [-0.15, -0.1) is 0 Å². The van der Waals surface area contributed by atoms with Gasteiger partial charge in [0.2, 0.25) is 0 Å². The molecule has 8 nitrogen and oxygen atoms in total. The molecule has 0 atom stereocenters. The molecule has 21 aromatic carbocycles. The summed E-state index contributed by atoms with van der Waals surface area (Å²) in [5.74, 6) is 0. The summed E-state index contributed by atoms with van der Waals surface area (Å²) in [4.78, 5) is 21.3. The van der Waals surface area contributed by atoms with Crippen molar-refractivity contribution in [3.8, 4) is 67.8 Å². The first-order chi connectivity index (χ1) is 61.5. The molecule has 124 heavy (non-hydrogen) atoms. The maximum atomic E-state index is 5.42. The predicted molar refractivity (Wildman–Crippen MR) is 521 cm³/mol. The standard InChI is InChI=1S/C60H36N4.C56H34N4/c1-2-15-38-32-43(29-28-37(38)14-1)59-60(62-51-24-11-10-23-50(51)61-59)47-30-31-53(45-21-8-7-20-44(45)47)64-55-27-13-26-54(58(55)49-34-40-17-4-6-19-42(40)36-57(49)64)63-52-25-12-9-22-46(52)48-33-39-16-3-5-18-41(39)35-56(48)63;1-2-15-35(16-3-1)55-56(58-47-25-12-11-24-46(47)57-55)43-29-30-49(41-22-9-8-21-40(41)43)60-51-28-14-27-50(54(51)45-32-37-18-5-7-20-39(37)34-53(45)60)59-48-26-13-10-23-42(48)44-31-36-17-4-6-19-38(36)33-52(44)59/h1-36H;1-34H. The van der Waals surface area contributed by atoms with E-state index in [2.05, 4.69) is 407 Å². The van der Waals surface area contributed by atoms with Gasteiger partial charge in [-0.1, -0.05) is 285 Å². The van der Waals surface area contributed by atoms with Crippen molar-refractivity contribution in [1.82, 2.24) is 38.2 Å². The van der Waals surface area contributed by atoms with Crippen LogP contribution in [0.1, 0.15) is 0 Å². The van der Waals surface area contributed by atoms with Crippen LogP contribution in [0.5, 0.6) is 0 Å². The fourth-order valence-corrected chi connectivity index (χ4v) is 20.3. The number of rotatable bonds is 8. The highest BCUT2D eigenvalue weighted by molar-refractivity contribution is 6.24. The van der Waals surface area contributed by atoms with Crippen molar-refractivity contribution in [2.75, 3.05) is 0 Å². The fourth-order valence-electron chi connectivity index (χ4n) is 20.3. The Hall–Kier alpha value is -16.7. The Morgan fingerprint density at radius 2 is 0.444 bits per heavy atom. The molecule has 0 fully saturated rings. The van der Waals surface area contributed by atoms with Crippen LogP contribution < -0.4 is 0 Å². The zero-order valence-corrected chi connectivity index (χ0v) is 67.0. The average molecular weight is 1580 g/mol. The molecule has 0 saturated heterocycles. The second-order valence-corrected chi connectivity index (χ2v) is 32.7. The van der Waals surface area contributed by atoms with Crippen LogP contribution in [0, 0.1) is 0 Å². The third kappa shape index (κ3) is 10.7. The van der Waals surface area contributed by atoms with Crippen LogP contribution in [0.3, 0.4) is 0 Å². The van der Waals surface area contributed by atoms with Crippen molar-refractivity contribution in [2.45, 2.75) is 0 Å². The predicted octanol–water partition coefficient (Wildman–Crippen LogP) is 30.4. The molecular formula is C116H70N8. The monoisotopic (exact) mass is 1570 g/mol. The second-order valence-electron chi connectivity index (χ2n) is 32.7. The van der Waals surface area contributed by atoms with Crippen LogP contribution in [0.15, 0.2) is 425 Å². The minimum atomic E-state index is 0.867. The van der Waals surface area contributed by atoms with Gasteiger partial charge in [0, 0.05) is 76.1 Å². The minimum absolute atomic E-state index is 0.867. The van der Waals surface area contributed by atoms with Crippen LogP contribution in [0.25, 0.3) is 252 Å². The maximum absolute atomic E-state index is 5.42. The fraction of sp³-hybridized carbons (Fsp3) is 0. The van der Waals surface area contributed by atoms with E-state index in [9.17, 15) is 0 Å². The lowest BCUT2D eigenvalue weighted by molar-refractivity contribution is 1.18. The number of hydrogen-bond donors (Lipinski definition) is 0. The molecule has 0 aliphatic heterocycles. The molecule has 0 amide bonds. The topological polar surface area (TPSA) is 71.3 Å². The highest BCUT2D eigenvalue weighted by Gasteiger charge is 2.28. The molecule has 0 aliphatic carbocycles. The zero-order chi connectivity index (χ0) is 81.2. The summed E-state index contributed by atoms with van der Waals surface area (Å²) in [5, 5.41) is 26.5. The number of para-hydroxylation sites is 6. The third-order valence-corrected chi connectivity index (χ3v) is 25.8. The van der Waals surface area contributed by atoms with E-state index in [4.69, 9.17) is 19.9 Å². The average Bonchev–Trinajstić information content (AvgIpc) is 1.55. The Morgan fingerprint density at radius 1 is 0.145 bits per heavy atom. The summed E-state index contributed by atoms with van der Waals surface area (Å²) < 4.78 is 9.96. The Kier molecular flexibility index (Phi) is 15.3. The smallest absolute Gasteiger partial charge is 0.0979 e. The maximum Gasteiger partial charge on any atom is 0.0979 e. The van der Waals surface area contributed by atoms with Gasteiger partial charge in [0.15, 0.2) is 0 Å². The van der Waals surface area contributed by atoms with Crippen LogP contribution in [0.4, 0.5) is 0 Å². The van der Waals surface area contributed by atoms with Gasteiger partial charge in [0.25, 0.3) is 0 Å². The third-order valence-electron chi connectivity index (χ3n) is 25.8. The van der Waals surface area contributed by atoms with Gasteiger partial charge < -0.3 is 18.3 Å². The lowest BCUT2D eigenvalue weighted by Crippen LogP contribution is -2.00. The highest BCUT2D eigenvalue weighted by atomic mass is 15.0. The first-order valence-electron chi connectivity index (χ1n) is 42.4. The molecule has 0 bridgehead atoms. The normalized spacial score (nSPS) is 12.0. The van der Waals surface area contributed by atoms with Gasteiger partial charge in [-0.3, -0.25) is 0 Å². The second kappa shape index (κ2) is 27.4. The molecule has 0 saturated carbocycles. The molecule has 6 heterocycles. The molecule has 574 valence electrons. The van der Waals surface area contributed by atoms with Gasteiger partial charge in [0.05, 0.1) is 112 Å². The number of fused-ring (bicyclic) bond motifs is 21. The molecule has 0 radical (unpaired) electrons. The van der Waals surface area contributed by atoms with Crippen LogP contribution >= 0.6 is 0 Å². The lowest BCUT2D eigenvalue weighted by Gasteiger charge is -2.17. The van der Waals surface area contributed by atoms with Crippen molar-refractivity contribution in [2.24, 2.45) is 0 Å². The van der Waals surface area contributed by atoms with Gasteiger partial charge >= 0.3 is 0 Å². The zero-order valence-electron chi connectivity index (χ0n) is 67.0. The Morgan fingerprint density at radius 3 is 0.863 bits per heavy atom. The van der Waals surface area contributed by atoms with E-state index < -0.39 is 0 Å². The summed E-state index contributed by atoms with van der Waals surface area (Å²) in [6.45, 7) is 0. The molecule has 27 rings (SSSR count). The van der Waals surface area contributed by atoms with E-state index >= 15 is 0 Å². The van der Waals surface area contributed by atoms with Crippen molar-refractivity contribution in [1.29, 1.82) is 0 Å². The Balaban J connectivity index is 0.000000133. The van der Waals surface area contributed by atoms with Crippen LogP contribution in [0.2, 0.25) is 0 Å². The highest BCUT2D eigenvalue weighted by Crippen LogP contribution is 2.49.